The summed E-state index contributed by atoms with van der Waals surface area (Å²) in [6, 6.07) is 9.04. The van der Waals surface area contributed by atoms with E-state index >= 15 is 0 Å². The Kier molecular flexibility index (Phi) is 5.08. The highest BCUT2D eigenvalue weighted by atomic mass is 79.9. The third-order valence-corrected chi connectivity index (χ3v) is 4.09. The molecule has 0 aliphatic carbocycles. The summed E-state index contributed by atoms with van der Waals surface area (Å²) in [5, 5.41) is 9.77. The first-order valence-corrected chi connectivity index (χ1v) is 8.47. The number of nitrogens with one attached hydrogen (secondary N) is 2. The Morgan fingerprint density at radius 2 is 2.00 bits per heavy atom. The van der Waals surface area contributed by atoms with Crippen LogP contribution in [0.3, 0.4) is 0 Å². The molecule has 1 aromatic carbocycles. The number of benzene rings is 1. The summed E-state index contributed by atoms with van der Waals surface area (Å²) in [7, 11) is 0. The van der Waals surface area contributed by atoms with Crippen LogP contribution in [0.1, 0.15) is 22.5 Å². The molecule has 0 atom stereocenters. The maximum Gasteiger partial charge on any atom is 0.257 e. The van der Waals surface area contributed by atoms with Gasteiger partial charge in [-0.2, -0.15) is 5.10 Å². The smallest absolute Gasteiger partial charge is 0.257 e. The number of anilines is 1. The van der Waals surface area contributed by atoms with E-state index in [-0.39, 0.29) is 24.8 Å². The van der Waals surface area contributed by atoms with Crippen molar-refractivity contribution in [2.45, 2.75) is 13.3 Å². The zero-order chi connectivity index (χ0) is 17.8. The zero-order valence-corrected chi connectivity index (χ0v) is 15.1. The maximum absolute atomic E-state index is 12.4. The molecule has 2 amide bonds. The average Bonchev–Trinajstić information content (AvgIpc) is 2.92. The van der Waals surface area contributed by atoms with E-state index in [1.165, 1.54) is 0 Å². The molecular weight excluding hydrogens is 386 g/mol. The van der Waals surface area contributed by atoms with Crippen LogP contribution in [0.2, 0.25) is 0 Å². The van der Waals surface area contributed by atoms with Crippen LogP contribution in [-0.4, -0.2) is 33.0 Å². The maximum atomic E-state index is 12.4. The van der Waals surface area contributed by atoms with Crippen LogP contribution in [0.5, 0.6) is 0 Å². The van der Waals surface area contributed by atoms with Crippen LogP contribution in [0.4, 0.5) is 5.69 Å². The van der Waals surface area contributed by atoms with Gasteiger partial charge in [0.25, 0.3) is 5.91 Å². The summed E-state index contributed by atoms with van der Waals surface area (Å²) in [5.41, 5.74) is 2.23. The fourth-order valence-corrected chi connectivity index (χ4v) is 2.66. The van der Waals surface area contributed by atoms with E-state index in [0.29, 0.717) is 22.6 Å². The van der Waals surface area contributed by atoms with Crippen LogP contribution in [0.15, 0.2) is 47.2 Å². The quantitative estimate of drug-likeness (QED) is 0.687. The Morgan fingerprint density at radius 3 is 2.76 bits per heavy atom. The molecule has 3 rings (SSSR count). The van der Waals surface area contributed by atoms with E-state index in [0.717, 1.165) is 4.47 Å². The van der Waals surface area contributed by atoms with Gasteiger partial charge in [-0.25, -0.2) is 9.50 Å². The Hall–Kier alpha value is -2.74. The molecule has 2 N–H and O–H groups in total. The molecular formula is C17H16BrN5O2. The molecule has 25 heavy (non-hydrogen) atoms. The van der Waals surface area contributed by atoms with Crippen LogP contribution in [0.25, 0.3) is 5.65 Å². The molecule has 0 spiro atoms. The Morgan fingerprint density at radius 1 is 1.24 bits per heavy atom. The lowest BCUT2D eigenvalue weighted by Gasteiger charge is -2.07. The van der Waals surface area contributed by atoms with E-state index < -0.39 is 0 Å². The zero-order valence-electron chi connectivity index (χ0n) is 13.5. The number of amides is 2. The van der Waals surface area contributed by atoms with Crippen molar-refractivity contribution >= 4 is 39.1 Å². The number of halogens is 1. The van der Waals surface area contributed by atoms with Crippen molar-refractivity contribution in [2.24, 2.45) is 0 Å². The molecule has 0 bridgehead atoms. The molecule has 3 aromatic rings. The Balaban J connectivity index is 1.56. The highest BCUT2D eigenvalue weighted by molar-refractivity contribution is 9.10. The SMILES string of the molecule is Cc1nn2cccnc2c1C(=O)NCCC(=O)Nc1ccc(Br)cc1. The largest absolute Gasteiger partial charge is 0.351 e. The summed E-state index contributed by atoms with van der Waals surface area (Å²) in [6.45, 7) is 1.98. The molecule has 0 saturated carbocycles. The van der Waals surface area contributed by atoms with Gasteiger partial charge in [-0.1, -0.05) is 15.9 Å². The van der Waals surface area contributed by atoms with Crippen LogP contribution < -0.4 is 10.6 Å². The fourth-order valence-electron chi connectivity index (χ4n) is 2.40. The first-order chi connectivity index (χ1) is 12.0. The third-order valence-electron chi connectivity index (χ3n) is 3.56. The molecule has 0 unspecified atom stereocenters. The van der Waals surface area contributed by atoms with Gasteiger partial charge in [-0.3, -0.25) is 9.59 Å². The second kappa shape index (κ2) is 7.43. The predicted octanol–water partition coefficient (Wildman–Crippen LogP) is 2.56. The number of hydrogen-bond donors (Lipinski definition) is 2. The minimum absolute atomic E-state index is 0.169. The first kappa shape index (κ1) is 17.1. The van der Waals surface area contributed by atoms with E-state index in [1.54, 1.807) is 42.0 Å². The number of carbonyl (C=O) groups is 2. The summed E-state index contributed by atoms with van der Waals surface area (Å²) in [4.78, 5) is 28.5. The third kappa shape index (κ3) is 4.03. The van der Waals surface area contributed by atoms with Crippen molar-refractivity contribution in [3.63, 3.8) is 0 Å². The number of nitrogens with zero attached hydrogens (tertiary/aromatic N) is 3. The van der Waals surface area contributed by atoms with Crippen LogP contribution >= 0.6 is 15.9 Å². The topological polar surface area (TPSA) is 88.4 Å². The lowest BCUT2D eigenvalue weighted by atomic mass is 10.2. The molecule has 0 saturated heterocycles. The van der Waals surface area contributed by atoms with Crippen LogP contribution in [-0.2, 0) is 4.79 Å². The molecule has 0 radical (unpaired) electrons. The van der Waals surface area contributed by atoms with Crippen molar-refractivity contribution in [1.29, 1.82) is 0 Å². The number of rotatable bonds is 5. The number of aromatic nitrogens is 3. The van der Waals surface area contributed by atoms with E-state index in [2.05, 4.69) is 36.6 Å². The molecule has 2 aromatic heterocycles. The monoisotopic (exact) mass is 401 g/mol. The number of fused-ring (bicyclic) bond motifs is 1. The average molecular weight is 402 g/mol. The van der Waals surface area contributed by atoms with Crippen molar-refractivity contribution in [1.82, 2.24) is 19.9 Å². The minimum Gasteiger partial charge on any atom is -0.351 e. The summed E-state index contributed by atoms with van der Waals surface area (Å²) < 4.78 is 2.50. The molecule has 8 heteroatoms. The highest BCUT2D eigenvalue weighted by Crippen LogP contribution is 2.14. The second-order valence-electron chi connectivity index (χ2n) is 5.41. The standard InChI is InChI=1S/C17H16BrN5O2/c1-11-15(16-19-8-2-10-23(16)22-11)17(25)20-9-7-14(24)21-13-5-3-12(18)4-6-13/h2-6,8,10H,7,9H2,1H3,(H,20,25)(H,21,24). The molecule has 7 nitrogen and oxygen atoms in total. The van der Waals surface area contributed by atoms with Gasteiger partial charge >= 0.3 is 0 Å². The summed E-state index contributed by atoms with van der Waals surface area (Å²) in [6.07, 6.45) is 3.52. The van der Waals surface area contributed by atoms with E-state index in [1.807, 2.05) is 12.1 Å². The van der Waals surface area contributed by atoms with Gasteiger partial charge in [-0.15, -0.1) is 0 Å². The Bertz CT molecular complexity index is 920. The lowest BCUT2D eigenvalue weighted by molar-refractivity contribution is -0.116. The predicted molar refractivity (Wildman–Crippen MR) is 97.4 cm³/mol. The summed E-state index contributed by atoms with van der Waals surface area (Å²) in [5.74, 6) is -0.458. The van der Waals surface area contributed by atoms with Gasteiger partial charge in [0.05, 0.1) is 5.69 Å². The Labute approximate surface area is 152 Å². The minimum atomic E-state index is -0.289. The van der Waals surface area contributed by atoms with Crippen molar-refractivity contribution in [3.8, 4) is 0 Å². The molecule has 2 heterocycles. The lowest BCUT2D eigenvalue weighted by Crippen LogP contribution is -2.28. The van der Waals surface area contributed by atoms with Crippen LogP contribution in [0, 0.1) is 6.92 Å². The van der Waals surface area contributed by atoms with Gasteiger partial charge < -0.3 is 10.6 Å². The highest BCUT2D eigenvalue weighted by Gasteiger charge is 2.17. The molecule has 0 fully saturated rings. The van der Waals surface area contributed by atoms with Gasteiger partial charge in [0.15, 0.2) is 5.65 Å². The van der Waals surface area contributed by atoms with E-state index in [9.17, 15) is 9.59 Å². The first-order valence-electron chi connectivity index (χ1n) is 7.68. The number of carbonyl (C=O) groups excluding carboxylic acids is 2. The molecule has 0 aliphatic rings. The molecule has 128 valence electrons. The van der Waals surface area contributed by atoms with Crippen molar-refractivity contribution < 1.29 is 9.59 Å². The van der Waals surface area contributed by atoms with Gasteiger partial charge in [-0.05, 0) is 37.3 Å². The number of aryl methyl sites for hydroxylation is 1. The second-order valence-corrected chi connectivity index (χ2v) is 6.32. The number of hydrogen-bond acceptors (Lipinski definition) is 4. The fraction of sp³-hybridized carbons (Fsp3) is 0.176. The molecule has 0 aliphatic heterocycles. The van der Waals surface area contributed by atoms with Gasteiger partial charge in [0.2, 0.25) is 5.91 Å². The van der Waals surface area contributed by atoms with Gasteiger partial charge in [0, 0.05) is 35.5 Å². The van der Waals surface area contributed by atoms with Gasteiger partial charge in [0.1, 0.15) is 5.56 Å². The summed E-state index contributed by atoms with van der Waals surface area (Å²) >= 11 is 3.34. The van der Waals surface area contributed by atoms with Crippen molar-refractivity contribution in [2.75, 3.05) is 11.9 Å². The normalized spacial score (nSPS) is 10.6. The van der Waals surface area contributed by atoms with E-state index in [4.69, 9.17) is 0 Å². The van der Waals surface area contributed by atoms with Crippen molar-refractivity contribution in [3.05, 3.63) is 58.5 Å².